The Morgan fingerprint density at radius 2 is 1.70 bits per heavy atom. The fraction of sp³-hybridized carbons (Fsp3) is 0.773. The van der Waals surface area contributed by atoms with Gasteiger partial charge in [0.15, 0.2) is 8.32 Å². The number of esters is 1. The monoisotopic (exact) mass is 398 g/mol. The molecule has 4 nitrogen and oxygen atoms in total. The summed E-state index contributed by atoms with van der Waals surface area (Å²) in [7, 11) is -1.67. The molecule has 0 aliphatic rings. The predicted molar refractivity (Wildman–Crippen MR) is 116 cm³/mol. The van der Waals surface area contributed by atoms with Crippen LogP contribution in [0.3, 0.4) is 0 Å². The van der Waals surface area contributed by atoms with Crippen molar-refractivity contribution in [1.82, 2.24) is 0 Å². The number of unbranched alkanes of at least 4 members (excludes halogenated alkanes) is 1. The molecule has 1 N–H and O–H groups in total. The van der Waals surface area contributed by atoms with Crippen LogP contribution in [0.2, 0.25) is 18.1 Å². The number of hydrogen-bond acceptors (Lipinski definition) is 4. The van der Waals surface area contributed by atoms with Crippen molar-refractivity contribution >= 4 is 14.3 Å². The van der Waals surface area contributed by atoms with Gasteiger partial charge in [-0.3, -0.25) is 4.79 Å². The first-order valence-corrected chi connectivity index (χ1v) is 12.9. The molecule has 0 bridgehead atoms. The van der Waals surface area contributed by atoms with Crippen LogP contribution < -0.4 is 0 Å². The van der Waals surface area contributed by atoms with E-state index < -0.39 is 31.9 Å². The van der Waals surface area contributed by atoms with Gasteiger partial charge in [-0.05, 0) is 65.6 Å². The Kier molecular flexibility index (Phi) is 10.2. The van der Waals surface area contributed by atoms with Crippen molar-refractivity contribution in [2.75, 3.05) is 6.61 Å². The lowest BCUT2D eigenvalue weighted by Crippen LogP contribution is -2.40. The average molecular weight is 399 g/mol. The van der Waals surface area contributed by atoms with E-state index in [-0.39, 0.29) is 5.04 Å². The third-order valence-corrected chi connectivity index (χ3v) is 9.34. The van der Waals surface area contributed by atoms with Crippen molar-refractivity contribution < 1.29 is 19.1 Å². The van der Waals surface area contributed by atoms with Gasteiger partial charge in [0.1, 0.15) is 11.5 Å². The Morgan fingerprint density at radius 1 is 1.15 bits per heavy atom. The van der Waals surface area contributed by atoms with E-state index in [0.29, 0.717) is 0 Å². The Hall–Kier alpha value is -0.913. The van der Waals surface area contributed by atoms with Crippen molar-refractivity contribution in [2.45, 2.75) is 98.1 Å². The van der Waals surface area contributed by atoms with Crippen LogP contribution >= 0.6 is 0 Å². The minimum atomic E-state index is -1.67. The molecule has 27 heavy (non-hydrogen) atoms. The van der Waals surface area contributed by atoms with Crippen LogP contribution in [0, 0.1) is 5.92 Å². The molecule has 0 unspecified atom stereocenters. The van der Waals surface area contributed by atoms with Crippen molar-refractivity contribution in [3.63, 3.8) is 0 Å². The van der Waals surface area contributed by atoms with Crippen LogP contribution in [0.1, 0.15) is 68.2 Å². The van der Waals surface area contributed by atoms with E-state index in [1.54, 1.807) is 13.0 Å². The highest BCUT2D eigenvalue weighted by Crippen LogP contribution is 2.36. The van der Waals surface area contributed by atoms with E-state index in [1.807, 2.05) is 33.8 Å². The van der Waals surface area contributed by atoms with Gasteiger partial charge >= 0.3 is 5.97 Å². The lowest BCUT2D eigenvalue weighted by atomic mass is 10.00. The number of carbonyl (C=O) groups excluding carboxylic acids is 1. The maximum atomic E-state index is 12.3. The Morgan fingerprint density at radius 3 is 2.15 bits per heavy atom. The Bertz CT molecular complexity index is 519. The van der Waals surface area contributed by atoms with E-state index in [2.05, 4.69) is 39.9 Å². The number of ether oxygens (including phenoxy) is 1. The summed E-state index contributed by atoms with van der Waals surface area (Å²) in [5.41, 5.74) is 0.378. The minimum Gasteiger partial charge on any atom is -0.459 e. The molecule has 0 heterocycles. The van der Waals surface area contributed by atoms with E-state index in [4.69, 9.17) is 9.16 Å². The van der Waals surface area contributed by atoms with Crippen LogP contribution in [0.4, 0.5) is 0 Å². The fourth-order valence-corrected chi connectivity index (χ4v) is 3.21. The average Bonchev–Trinajstić information content (AvgIpc) is 2.44. The molecule has 0 aromatic rings. The van der Waals surface area contributed by atoms with Gasteiger partial charge < -0.3 is 14.3 Å². The summed E-state index contributed by atoms with van der Waals surface area (Å²) in [4.78, 5) is 12.3. The van der Waals surface area contributed by atoms with Gasteiger partial charge in [0, 0.05) is 6.61 Å². The standard InChI is InChI=1S/C22H42O4Si/c1-17(16-19(18(2)23)20(24)26-21(3,4)5)14-12-11-13-15-25-27(9,10)22(6,7)8/h12,14,16,18-19,23H,11,13,15H2,1-10H3/b14-12+,17-16+/t18-,19-/m0/s1. The van der Waals surface area contributed by atoms with Gasteiger partial charge in [-0.2, -0.15) is 0 Å². The second kappa shape index (κ2) is 10.6. The highest BCUT2D eigenvalue weighted by Gasteiger charge is 2.36. The first-order chi connectivity index (χ1) is 12.1. The second-order valence-corrected chi connectivity index (χ2v) is 14.7. The molecule has 0 aliphatic carbocycles. The summed E-state index contributed by atoms with van der Waals surface area (Å²) in [6.07, 6.45) is 6.97. The quantitative estimate of drug-likeness (QED) is 0.237. The highest BCUT2D eigenvalue weighted by molar-refractivity contribution is 6.74. The summed E-state index contributed by atoms with van der Waals surface area (Å²) in [6, 6.07) is 0. The molecule has 0 aliphatic heterocycles. The van der Waals surface area contributed by atoms with Gasteiger partial charge in [-0.25, -0.2) is 0 Å². The van der Waals surface area contributed by atoms with Crippen LogP contribution in [0.25, 0.3) is 0 Å². The van der Waals surface area contributed by atoms with E-state index in [1.165, 1.54) is 0 Å². The maximum Gasteiger partial charge on any atom is 0.315 e. The predicted octanol–water partition coefficient (Wildman–Crippen LogP) is 5.63. The normalized spacial score (nSPS) is 16.5. The largest absolute Gasteiger partial charge is 0.459 e. The molecule has 0 spiro atoms. The number of hydrogen-bond donors (Lipinski definition) is 1. The molecule has 158 valence electrons. The summed E-state index contributed by atoms with van der Waals surface area (Å²) < 4.78 is 11.6. The summed E-state index contributed by atoms with van der Waals surface area (Å²) in [5.74, 6) is -1.05. The highest BCUT2D eigenvalue weighted by atomic mass is 28.4. The summed E-state index contributed by atoms with van der Waals surface area (Å²) in [6.45, 7) is 21.1. The first-order valence-electron chi connectivity index (χ1n) is 9.96. The van der Waals surface area contributed by atoms with E-state index in [9.17, 15) is 9.90 Å². The van der Waals surface area contributed by atoms with Crippen molar-refractivity contribution in [3.8, 4) is 0 Å². The molecular weight excluding hydrogens is 356 g/mol. The van der Waals surface area contributed by atoms with E-state index in [0.717, 1.165) is 25.0 Å². The SMILES string of the molecule is CC(/C=C/CCCO[Si](C)(C)C(C)(C)C)=C\[C@H](C(=O)OC(C)(C)C)[C@H](C)O. The van der Waals surface area contributed by atoms with Gasteiger partial charge in [0.2, 0.25) is 0 Å². The molecule has 2 atom stereocenters. The molecule has 0 saturated heterocycles. The molecule has 0 aromatic heterocycles. The molecule has 0 radical (unpaired) electrons. The number of carbonyl (C=O) groups is 1. The molecule has 0 saturated carbocycles. The third kappa shape index (κ3) is 10.9. The number of aliphatic hydroxyl groups excluding tert-OH is 1. The van der Waals surface area contributed by atoms with Crippen LogP contribution in [-0.4, -0.2) is 37.7 Å². The summed E-state index contributed by atoms with van der Waals surface area (Å²) in [5, 5.41) is 10.2. The molecular formula is C22H42O4Si. The van der Waals surface area contributed by atoms with Crippen LogP contribution in [0.15, 0.2) is 23.8 Å². The van der Waals surface area contributed by atoms with Gasteiger partial charge in [-0.15, -0.1) is 0 Å². The number of aliphatic hydroxyl groups is 1. The zero-order chi connectivity index (χ0) is 21.5. The fourth-order valence-electron chi connectivity index (χ4n) is 2.13. The van der Waals surface area contributed by atoms with Crippen LogP contribution in [0.5, 0.6) is 0 Å². The van der Waals surface area contributed by atoms with Gasteiger partial charge in [-0.1, -0.05) is 44.6 Å². The lowest BCUT2D eigenvalue weighted by Gasteiger charge is -2.36. The second-order valence-electron chi connectivity index (χ2n) is 9.86. The van der Waals surface area contributed by atoms with Crippen molar-refractivity contribution in [1.29, 1.82) is 0 Å². The lowest BCUT2D eigenvalue weighted by molar-refractivity contribution is -0.161. The van der Waals surface area contributed by atoms with Crippen molar-refractivity contribution in [3.05, 3.63) is 23.8 Å². The number of allylic oxidation sites excluding steroid dienone is 3. The third-order valence-electron chi connectivity index (χ3n) is 4.81. The zero-order valence-corrected chi connectivity index (χ0v) is 20.2. The molecule has 0 fully saturated rings. The molecule has 0 rings (SSSR count). The smallest absolute Gasteiger partial charge is 0.315 e. The van der Waals surface area contributed by atoms with Gasteiger partial charge in [0.05, 0.1) is 6.10 Å². The number of rotatable bonds is 9. The Balaban J connectivity index is 4.59. The van der Waals surface area contributed by atoms with Gasteiger partial charge in [0.25, 0.3) is 0 Å². The first kappa shape index (κ1) is 26.1. The Labute approximate surface area is 168 Å². The molecule has 0 amide bonds. The van der Waals surface area contributed by atoms with Crippen molar-refractivity contribution in [2.24, 2.45) is 5.92 Å². The zero-order valence-electron chi connectivity index (χ0n) is 19.2. The van der Waals surface area contributed by atoms with Crippen LogP contribution in [-0.2, 0) is 14.0 Å². The van der Waals surface area contributed by atoms with E-state index >= 15 is 0 Å². The maximum absolute atomic E-state index is 12.3. The molecule has 0 aromatic carbocycles. The molecule has 5 heteroatoms. The topological polar surface area (TPSA) is 55.8 Å². The summed E-state index contributed by atoms with van der Waals surface area (Å²) >= 11 is 0. The minimum absolute atomic E-state index is 0.236.